The summed E-state index contributed by atoms with van der Waals surface area (Å²) in [7, 11) is -3.60. The van der Waals surface area contributed by atoms with Crippen LogP contribution in [0.5, 0.6) is 0 Å². The van der Waals surface area contributed by atoms with E-state index in [1.54, 1.807) is 12.1 Å². The molecule has 0 spiro atoms. The predicted octanol–water partition coefficient (Wildman–Crippen LogP) is 2.83. The summed E-state index contributed by atoms with van der Waals surface area (Å²) in [6, 6.07) is 6.07. The summed E-state index contributed by atoms with van der Waals surface area (Å²) in [4.78, 5) is 0. The number of aromatic nitrogens is 1. The maximum absolute atomic E-state index is 13.7. The molecule has 1 aromatic heterocycles. The molecule has 108 valence electrons. The van der Waals surface area contributed by atoms with Gasteiger partial charge in [0.25, 0.3) is 10.1 Å². The van der Waals surface area contributed by atoms with Gasteiger partial charge in [0.15, 0.2) is 5.76 Å². The van der Waals surface area contributed by atoms with Gasteiger partial charge in [-0.25, -0.2) is 4.39 Å². The molecule has 0 N–H and O–H groups in total. The van der Waals surface area contributed by atoms with Gasteiger partial charge < -0.3 is 4.52 Å². The summed E-state index contributed by atoms with van der Waals surface area (Å²) in [6.45, 7) is 3.35. The zero-order valence-corrected chi connectivity index (χ0v) is 12.1. The minimum Gasteiger partial charge on any atom is -0.356 e. The predicted molar refractivity (Wildman–Crippen MR) is 71.0 cm³/mol. The third-order valence-electron chi connectivity index (χ3n) is 2.65. The van der Waals surface area contributed by atoms with Crippen LogP contribution in [0.4, 0.5) is 4.39 Å². The van der Waals surface area contributed by atoms with Crippen molar-refractivity contribution in [2.75, 3.05) is 6.26 Å². The van der Waals surface area contributed by atoms with Crippen LogP contribution in [0.1, 0.15) is 24.3 Å². The van der Waals surface area contributed by atoms with Gasteiger partial charge in [0.1, 0.15) is 17.6 Å². The first-order valence-electron chi connectivity index (χ1n) is 5.87. The summed E-state index contributed by atoms with van der Waals surface area (Å²) in [5.74, 6) is -0.208. The van der Waals surface area contributed by atoms with E-state index in [2.05, 4.69) is 5.16 Å². The Morgan fingerprint density at radius 2 is 2.05 bits per heavy atom. The molecule has 0 aliphatic heterocycles. The SMILES string of the molecule is Cc1ccc(F)c(-c2cc(C(C)OS(C)(=O)=O)no2)c1. The smallest absolute Gasteiger partial charge is 0.265 e. The molecule has 20 heavy (non-hydrogen) atoms. The second kappa shape index (κ2) is 5.34. The largest absolute Gasteiger partial charge is 0.356 e. The van der Waals surface area contributed by atoms with Crippen molar-refractivity contribution in [1.29, 1.82) is 0 Å². The fourth-order valence-corrected chi connectivity index (χ4v) is 2.37. The van der Waals surface area contributed by atoms with Gasteiger partial charge in [0.05, 0.1) is 11.8 Å². The lowest BCUT2D eigenvalue weighted by Crippen LogP contribution is -2.07. The molecule has 2 rings (SSSR count). The molecular formula is C13H14FNO4S. The van der Waals surface area contributed by atoms with Crippen molar-refractivity contribution < 1.29 is 21.5 Å². The number of aryl methyl sites for hydroxylation is 1. The molecule has 1 unspecified atom stereocenters. The minimum atomic E-state index is -3.60. The highest BCUT2D eigenvalue weighted by atomic mass is 32.2. The molecule has 1 aromatic carbocycles. The van der Waals surface area contributed by atoms with E-state index in [1.807, 2.05) is 6.92 Å². The average molecular weight is 299 g/mol. The van der Waals surface area contributed by atoms with Crippen LogP contribution in [0, 0.1) is 12.7 Å². The molecule has 2 aromatic rings. The van der Waals surface area contributed by atoms with E-state index in [0.717, 1.165) is 11.8 Å². The van der Waals surface area contributed by atoms with E-state index in [9.17, 15) is 12.8 Å². The van der Waals surface area contributed by atoms with Gasteiger partial charge in [0.2, 0.25) is 0 Å². The first-order chi connectivity index (χ1) is 9.26. The zero-order valence-electron chi connectivity index (χ0n) is 11.3. The highest BCUT2D eigenvalue weighted by Gasteiger charge is 2.19. The zero-order chi connectivity index (χ0) is 14.9. The van der Waals surface area contributed by atoms with Gasteiger partial charge in [-0.15, -0.1) is 0 Å². The van der Waals surface area contributed by atoms with Gasteiger partial charge in [-0.1, -0.05) is 16.8 Å². The van der Waals surface area contributed by atoms with Crippen LogP contribution in [-0.2, 0) is 14.3 Å². The highest BCUT2D eigenvalue weighted by Crippen LogP contribution is 2.27. The normalized spacial score (nSPS) is 13.4. The summed E-state index contributed by atoms with van der Waals surface area (Å²) in [5.41, 5.74) is 1.43. The Morgan fingerprint density at radius 1 is 1.35 bits per heavy atom. The van der Waals surface area contributed by atoms with E-state index < -0.39 is 22.0 Å². The molecule has 1 atom stereocenters. The maximum Gasteiger partial charge on any atom is 0.265 e. The van der Waals surface area contributed by atoms with Gasteiger partial charge >= 0.3 is 0 Å². The standard InChI is InChI=1S/C13H14FNO4S/c1-8-4-5-11(14)10(6-8)13-7-12(15-18-13)9(2)19-20(3,16)17/h4-7,9H,1-3H3. The first kappa shape index (κ1) is 14.7. The molecule has 5 nitrogen and oxygen atoms in total. The van der Waals surface area contributed by atoms with E-state index >= 15 is 0 Å². The summed E-state index contributed by atoms with van der Waals surface area (Å²) < 4.78 is 45.7. The third-order valence-corrected chi connectivity index (χ3v) is 3.29. The fraction of sp³-hybridized carbons (Fsp3) is 0.308. The molecule has 0 fully saturated rings. The lowest BCUT2D eigenvalue weighted by molar-refractivity contribution is 0.224. The lowest BCUT2D eigenvalue weighted by atomic mass is 10.1. The van der Waals surface area contributed by atoms with Crippen LogP contribution < -0.4 is 0 Å². The van der Waals surface area contributed by atoms with Gasteiger partial charge in [-0.2, -0.15) is 8.42 Å². The maximum atomic E-state index is 13.7. The lowest BCUT2D eigenvalue weighted by Gasteiger charge is -2.06. The molecular weight excluding hydrogens is 285 g/mol. The summed E-state index contributed by atoms with van der Waals surface area (Å²) >= 11 is 0. The van der Waals surface area contributed by atoms with E-state index in [0.29, 0.717) is 0 Å². The number of rotatable bonds is 4. The van der Waals surface area contributed by atoms with E-state index in [4.69, 9.17) is 8.71 Å². The van der Waals surface area contributed by atoms with Crippen molar-refractivity contribution in [2.24, 2.45) is 0 Å². The number of nitrogens with zero attached hydrogens (tertiary/aromatic N) is 1. The van der Waals surface area contributed by atoms with Crippen LogP contribution in [0.3, 0.4) is 0 Å². The molecule has 7 heteroatoms. The van der Waals surface area contributed by atoms with Gasteiger partial charge in [-0.3, -0.25) is 4.18 Å². The Kier molecular flexibility index (Phi) is 3.92. The topological polar surface area (TPSA) is 69.4 Å². The minimum absolute atomic E-state index is 0.227. The summed E-state index contributed by atoms with van der Waals surface area (Å²) in [6.07, 6.45) is 0.153. The van der Waals surface area contributed by atoms with Crippen molar-refractivity contribution >= 4 is 10.1 Å². The third kappa shape index (κ3) is 3.43. The molecule has 0 saturated carbocycles. The average Bonchev–Trinajstić information content (AvgIpc) is 2.79. The monoisotopic (exact) mass is 299 g/mol. The van der Waals surface area contributed by atoms with Crippen LogP contribution >= 0.6 is 0 Å². The molecule has 0 radical (unpaired) electrons. The Bertz CT molecular complexity index is 724. The van der Waals surface area contributed by atoms with Crippen molar-refractivity contribution in [1.82, 2.24) is 5.16 Å². The second-order valence-electron chi connectivity index (χ2n) is 4.54. The molecule has 0 bridgehead atoms. The van der Waals surface area contributed by atoms with Crippen LogP contribution in [0.25, 0.3) is 11.3 Å². The van der Waals surface area contributed by atoms with Crippen molar-refractivity contribution in [3.8, 4) is 11.3 Å². The van der Waals surface area contributed by atoms with Crippen LogP contribution in [0.2, 0.25) is 0 Å². The number of hydrogen-bond donors (Lipinski definition) is 0. The molecule has 0 amide bonds. The molecule has 0 aliphatic rings. The fourth-order valence-electron chi connectivity index (χ4n) is 1.75. The second-order valence-corrected chi connectivity index (χ2v) is 6.14. The van der Waals surface area contributed by atoms with Crippen LogP contribution in [0.15, 0.2) is 28.8 Å². The quantitative estimate of drug-likeness (QED) is 0.812. The van der Waals surface area contributed by atoms with Crippen LogP contribution in [-0.4, -0.2) is 19.8 Å². The molecule has 1 heterocycles. The van der Waals surface area contributed by atoms with Crippen molar-refractivity contribution in [3.05, 3.63) is 41.3 Å². The Hall–Kier alpha value is -1.73. The molecule has 0 aliphatic carbocycles. The number of halogens is 1. The number of hydrogen-bond acceptors (Lipinski definition) is 5. The van der Waals surface area contributed by atoms with E-state index in [-0.39, 0.29) is 17.0 Å². The first-order valence-corrected chi connectivity index (χ1v) is 7.69. The van der Waals surface area contributed by atoms with Crippen molar-refractivity contribution in [3.63, 3.8) is 0 Å². The Morgan fingerprint density at radius 3 is 2.70 bits per heavy atom. The Balaban J connectivity index is 2.31. The highest BCUT2D eigenvalue weighted by molar-refractivity contribution is 7.86. The van der Waals surface area contributed by atoms with Gasteiger partial charge in [-0.05, 0) is 26.0 Å². The Labute approximate surface area is 116 Å². The van der Waals surface area contributed by atoms with E-state index in [1.165, 1.54) is 19.1 Å². The molecule has 0 saturated heterocycles. The summed E-state index contributed by atoms with van der Waals surface area (Å²) in [5, 5.41) is 3.72. The number of benzene rings is 1. The van der Waals surface area contributed by atoms with Crippen molar-refractivity contribution in [2.45, 2.75) is 20.0 Å². The van der Waals surface area contributed by atoms with Gasteiger partial charge in [0, 0.05) is 6.07 Å².